The number of imidazole rings is 1. The van der Waals surface area contributed by atoms with Crippen molar-refractivity contribution in [2.24, 2.45) is 10.9 Å². The van der Waals surface area contributed by atoms with Crippen LogP contribution < -0.4 is 10.6 Å². The van der Waals surface area contributed by atoms with E-state index in [1.165, 1.54) is 18.4 Å². The molecule has 0 spiro atoms. The number of halogens is 1. The number of hydrogen-bond acceptors (Lipinski definition) is 3. The van der Waals surface area contributed by atoms with Gasteiger partial charge >= 0.3 is 0 Å². The Morgan fingerprint density at radius 3 is 2.79 bits per heavy atom. The van der Waals surface area contributed by atoms with Crippen LogP contribution in [0.3, 0.4) is 0 Å². The van der Waals surface area contributed by atoms with Crippen molar-refractivity contribution in [1.82, 2.24) is 25.1 Å². The van der Waals surface area contributed by atoms with E-state index in [9.17, 15) is 0 Å². The Hall–Kier alpha value is -1.61. The van der Waals surface area contributed by atoms with Gasteiger partial charge in [0.1, 0.15) is 5.82 Å². The number of aromatic nitrogens is 2. The number of piperidine rings is 1. The number of benzene rings is 1. The van der Waals surface area contributed by atoms with Gasteiger partial charge in [0.15, 0.2) is 5.96 Å². The van der Waals surface area contributed by atoms with Crippen LogP contribution in [0.1, 0.15) is 38.1 Å². The van der Waals surface area contributed by atoms with E-state index >= 15 is 0 Å². The van der Waals surface area contributed by atoms with E-state index in [0.29, 0.717) is 18.5 Å². The summed E-state index contributed by atoms with van der Waals surface area (Å²) in [5, 5.41) is 7.04. The Morgan fingerprint density at radius 1 is 1.28 bits per heavy atom. The lowest BCUT2D eigenvalue weighted by Crippen LogP contribution is -2.50. The van der Waals surface area contributed by atoms with Crippen molar-refractivity contribution in [3.05, 3.63) is 54.1 Å². The maximum Gasteiger partial charge on any atom is 0.191 e. The first-order chi connectivity index (χ1) is 13.6. The number of rotatable bonds is 7. The van der Waals surface area contributed by atoms with Gasteiger partial charge in [0, 0.05) is 45.1 Å². The van der Waals surface area contributed by atoms with Crippen LogP contribution in [-0.4, -0.2) is 46.6 Å². The summed E-state index contributed by atoms with van der Waals surface area (Å²) in [4.78, 5) is 11.4. The normalized spacial score (nSPS) is 17.8. The Kier molecular flexibility index (Phi) is 9.93. The molecule has 0 aliphatic carbocycles. The zero-order chi connectivity index (χ0) is 19.8. The molecule has 0 saturated carbocycles. The van der Waals surface area contributed by atoms with Gasteiger partial charge in [-0.25, -0.2) is 4.98 Å². The minimum Gasteiger partial charge on any atom is -0.352 e. The first kappa shape index (κ1) is 23.7. The zero-order valence-electron chi connectivity index (χ0n) is 17.8. The summed E-state index contributed by atoms with van der Waals surface area (Å²) in [7, 11) is 1.83. The SMILES string of the molecule is CN=C(NCc1nccn1CC(C)C)NC1CCCN(Cc2ccccc2)C1.I. The van der Waals surface area contributed by atoms with Gasteiger partial charge in [0.2, 0.25) is 0 Å². The number of nitrogens with zero attached hydrogens (tertiary/aromatic N) is 4. The second-order valence-electron chi connectivity index (χ2n) is 8.02. The Balaban J connectivity index is 0.00000300. The summed E-state index contributed by atoms with van der Waals surface area (Å²) < 4.78 is 2.22. The number of guanidine groups is 1. The number of aliphatic imine (C=N–C) groups is 1. The smallest absolute Gasteiger partial charge is 0.191 e. The Morgan fingerprint density at radius 2 is 2.07 bits per heavy atom. The molecule has 2 heterocycles. The van der Waals surface area contributed by atoms with Crippen LogP contribution >= 0.6 is 24.0 Å². The summed E-state index contributed by atoms with van der Waals surface area (Å²) in [6, 6.07) is 11.1. The number of likely N-dealkylation sites (tertiary alicyclic amines) is 1. The summed E-state index contributed by atoms with van der Waals surface area (Å²) in [6.45, 7) is 9.32. The molecule has 29 heavy (non-hydrogen) atoms. The van der Waals surface area contributed by atoms with Crippen LogP contribution in [0.25, 0.3) is 0 Å². The second-order valence-corrected chi connectivity index (χ2v) is 8.02. The molecule has 1 aromatic carbocycles. The van der Waals surface area contributed by atoms with Crippen LogP contribution in [0.2, 0.25) is 0 Å². The van der Waals surface area contributed by atoms with E-state index in [2.05, 4.69) is 80.5 Å². The third kappa shape index (κ3) is 7.62. The quantitative estimate of drug-likeness (QED) is 0.340. The monoisotopic (exact) mass is 510 g/mol. The molecule has 6 nitrogen and oxygen atoms in total. The van der Waals surface area contributed by atoms with Gasteiger partial charge in [0.25, 0.3) is 0 Å². The molecule has 0 radical (unpaired) electrons. The van der Waals surface area contributed by atoms with Gasteiger partial charge in [-0.1, -0.05) is 44.2 Å². The molecule has 1 saturated heterocycles. The molecule has 1 aromatic heterocycles. The average molecular weight is 510 g/mol. The van der Waals surface area contributed by atoms with Crippen molar-refractivity contribution < 1.29 is 0 Å². The van der Waals surface area contributed by atoms with Crippen molar-refractivity contribution >= 4 is 29.9 Å². The second kappa shape index (κ2) is 12.2. The maximum absolute atomic E-state index is 4.49. The van der Waals surface area contributed by atoms with E-state index in [-0.39, 0.29) is 24.0 Å². The van der Waals surface area contributed by atoms with Crippen LogP contribution in [-0.2, 0) is 19.6 Å². The first-order valence-corrected chi connectivity index (χ1v) is 10.4. The van der Waals surface area contributed by atoms with Crippen LogP contribution in [0, 0.1) is 5.92 Å². The van der Waals surface area contributed by atoms with Crippen molar-refractivity contribution in [3.8, 4) is 0 Å². The predicted octanol–water partition coefficient (Wildman–Crippen LogP) is 3.49. The molecule has 0 amide bonds. The zero-order valence-corrected chi connectivity index (χ0v) is 20.2. The minimum absolute atomic E-state index is 0. The fourth-order valence-electron chi connectivity index (χ4n) is 3.78. The first-order valence-electron chi connectivity index (χ1n) is 10.4. The Labute approximate surface area is 192 Å². The van der Waals surface area contributed by atoms with Gasteiger partial charge in [-0.05, 0) is 30.9 Å². The molecule has 1 unspecified atom stereocenters. The molecule has 1 fully saturated rings. The van der Waals surface area contributed by atoms with Crippen LogP contribution in [0.5, 0.6) is 0 Å². The van der Waals surface area contributed by atoms with Gasteiger partial charge in [-0.2, -0.15) is 0 Å². The molecule has 0 bridgehead atoms. The minimum atomic E-state index is 0. The van der Waals surface area contributed by atoms with E-state index in [1.54, 1.807) is 0 Å². The lowest BCUT2D eigenvalue weighted by molar-refractivity contribution is 0.192. The summed E-state index contributed by atoms with van der Waals surface area (Å²) >= 11 is 0. The van der Waals surface area contributed by atoms with Gasteiger partial charge in [-0.3, -0.25) is 9.89 Å². The maximum atomic E-state index is 4.49. The lowest BCUT2D eigenvalue weighted by atomic mass is 10.0. The molecule has 1 aliphatic heterocycles. The van der Waals surface area contributed by atoms with Crippen molar-refractivity contribution in [2.75, 3.05) is 20.1 Å². The number of nitrogens with one attached hydrogen (secondary N) is 2. The third-order valence-corrected chi connectivity index (χ3v) is 5.10. The molecule has 2 N–H and O–H groups in total. The fourth-order valence-corrected chi connectivity index (χ4v) is 3.78. The van der Waals surface area contributed by atoms with Crippen molar-refractivity contribution in [1.29, 1.82) is 0 Å². The van der Waals surface area contributed by atoms with E-state index < -0.39 is 0 Å². The highest BCUT2D eigenvalue weighted by Gasteiger charge is 2.20. The van der Waals surface area contributed by atoms with E-state index in [1.807, 2.05) is 13.2 Å². The highest BCUT2D eigenvalue weighted by molar-refractivity contribution is 14.0. The topological polar surface area (TPSA) is 57.5 Å². The van der Waals surface area contributed by atoms with Crippen LogP contribution in [0.15, 0.2) is 47.7 Å². The number of hydrogen-bond donors (Lipinski definition) is 2. The largest absolute Gasteiger partial charge is 0.352 e. The van der Waals surface area contributed by atoms with Crippen molar-refractivity contribution in [2.45, 2.75) is 52.4 Å². The van der Waals surface area contributed by atoms with E-state index in [0.717, 1.165) is 38.0 Å². The summed E-state index contributed by atoms with van der Waals surface area (Å²) in [5.74, 6) is 2.50. The lowest BCUT2D eigenvalue weighted by Gasteiger charge is -2.34. The highest BCUT2D eigenvalue weighted by atomic mass is 127. The molecule has 1 aliphatic rings. The highest BCUT2D eigenvalue weighted by Crippen LogP contribution is 2.13. The van der Waals surface area contributed by atoms with Gasteiger partial charge < -0.3 is 15.2 Å². The molecule has 2 aromatic rings. The van der Waals surface area contributed by atoms with Gasteiger partial charge in [-0.15, -0.1) is 24.0 Å². The Bertz CT molecular complexity index is 743. The molecule has 160 valence electrons. The summed E-state index contributed by atoms with van der Waals surface area (Å²) in [6.07, 6.45) is 6.31. The molecule has 7 heteroatoms. The fraction of sp³-hybridized carbons (Fsp3) is 0.545. The average Bonchev–Trinajstić information content (AvgIpc) is 3.12. The van der Waals surface area contributed by atoms with Crippen molar-refractivity contribution in [3.63, 3.8) is 0 Å². The standard InChI is InChI=1S/C22H34N6.HI/c1-18(2)15-28-13-11-24-21(28)14-25-22(23-3)26-20-10-7-12-27(17-20)16-19-8-5-4-6-9-19;/h4-6,8-9,11,13,18,20H,7,10,12,14-17H2,1-3H3,(H2,23,25,26);1H. The van der Waals surface area contributed by atoms with E-state index in [4.69, 9.17) is 0 Å². The molecule has 3 rings (SSSR count). The molecular weight excluding hydrogens is 475 g/mol. The van der Waals surface area contributed by atoms with Gasteiger partial charge in [0.05, 0.1) is 6.54 Å². The summed E-state index contributed by atoms with van der Waals surface area (Å²) in [5.41, 5.74) is 1.38. The van der Waals surface area contributed by atoms with Crippen LogP contribution in [0.4, 0.5) is 0 Å². The molecule has 1 atom stereocenters. The predicted molar refractivity (Wildman–Crippen MR) is 131 cm³/mol. The third-order valence-electron chi connectivity index (χ3n) is 5.10. The molecular formula is C22H35IN6.